The molecule has 0 bridgehead atoms. The number of carbonyl (C=O) groups excluding carboxylic acids is 2. The third kappa shape index (κ3) is 4.43. The molecule has 1 saturated carbocycles. The van der Waals surface area contributed by atoms with Crippen LogP contribution in [0, 0.1) is 5.92 Å². The Hall–Kier alpha value is -4.15. The first kappa shape index (κ1) is 23.6. The van der Waals surface area contributed by atoms with E-state index in [2.05, 4.69) is 15.3 Å². The van der Waals surface area contributed by atoms with Gasteiger partial charge in [0.2, 0.25) is 5.91 Å². The maximum absolute atomic E-state index is 13.7. The average molecular weight is 497 g/mol. The van der Waals surface area contributed by atoms with Gasteiger partial charge >= 0.3 is 6.18 Å². The Morgan fingerprint density at radius 2 is 1.92 bits per heavy atom. The Balaban J connectivity index is 1.57. The number of anilines is 1. The highest BCUT2D eigenvalue weighted by Crippen LogP contribution is 2.35. The largest absolute Gasteiger partial charge is 0.467 e. The number of halogens is 3. The fourth-order valence-corrected chi connectivity index (χ4v) is 4.23. The summed E-state index contributed by atoms with van der Waals surface area (Å²) in [7, 11) is 1.76. The maximum Gasteiger partial charge on any atom is 0.415 e. The van der Waals surface area contributed by atoms with Crippen molar-refractivity contribution in [2.45, 2.75) is 31.5 Å². The first-order valence-electron chi connectivity index (χ1n) is 11.3. The summed E-state index contributed by atoms with van der Waals surface area (Å²) in [5.41, 5.74) is 1.87. The summed E-state index contributed by atoms with van der Waals surface area (Å²) < 4.78 is 47.7. The lowest BCUT2D eigenvalue weighted by molar-refractivity contribution is -0.159. The van der Waals surface area contributed by atoms with Crippen molar-refractivity contribution in [3.8, 4) is 11.4 Å². The van der Waals surface area contributed by atoms with E-state index in [1.165, 1.54) is 18.2 Å². The van der Waals surface area contributed by atoms with Gasteiger partial charge in [-0.1, -0.05) is 6.42 Å². The molecule has 2 N–H and O–H groups in total. The summed E-state index contributed by atoms with van der Waals surface area (Å²) in [5, 5.41) is 4.87. The van der Waals surface area contributed by atoms with Crippen molar-refractivity contribution < 1.29 is 27.2 Å². The third-order valence-electron chi connectivity index (χ3n) is 6.33. The summed E-state index contributed by atoms with van der Waals surface area (Å²) in [6, 6.07) is 6.43. The first-order valence-corrected chi connectivity index (χ1v) is 11.3. The zero-order valence-corrected chi connectivity index (χ0v) is 19.2. The molecule has 4 aromatic rings. The summed E-state index contributed by atoms with van der Waals surface area (Å²) >= 11 is 0. The van der Waals surface area contributed by atoms with E-state index in [9.17, 15) is 22.8 Å². The number of imidazole rings is 1. The van der Waals surface area contributed by atoms with E-state index < -0.39 is 23.9 Å². The number of hydrogen-bond donors (Lipinski definition) is 2. The number of furan rings is 1. The van der Waals surface area contributed by atoms with Gasteiger partial charge in [0.1, 0.15) is 11.6 Å². The molecule has 11 heteroatoms. The van der Waals surface area contributed by atoms with Crippen LogP contribution in [-0.2, 0) is 11.8 Å². The van der Waals surface area contributed by atoms with Crippen LogP contribution >= 0.6 is 0 Å². The topological polar surface area (TPSA) is 102 Å². The Bertz CT molecular complexity index is 1410. The molecule has 3 heterocycles. The fourth-order valence-electron chi connectivity index (χ4n) is 4.23. The molecule has 2 amide bonds. The van der Waals surface area contributed by atoms with Crippen LogP contribution in [0.3, 0.4) is 0 Å². The third-order valence-corrected chi connectivity index (χ3v) is 6.33. The number of nitrogens with one attached hydrogen (secondary N) is 2. The predicted octanol–water partition coefficient (Wildman–Crippen LogP) is 5.00. The van der Waals surface area contributed by atoms with Gasteiger partial charge in [-0.2, -0.15) is 13.2 Å². The van der Waals surface area contributed by atoms with Gasteiger partial charge in [-0.05, 0) is 49.2 Å². The minimum atomic E-state index is -4.78. The van der Waals surface area contributed by atoms with Crippen molar-refractivity contribution in [2.24, 2.45) is 13.0 Å². The standard InChI is InChI=1S/C25H22F3N5O3/c1-33-20-17(30-22(33)14-7-9-29-10-8-14)12-16(13-18(20)31-23(34)15-4-2-5-15)24(35)32-21(25(26,27)28)19-6-3-11-36-19/h3,6-13,15,21H,2,4-5H2,1H3,(H,31,34)(H,32,35)/t21-/m1/s1. The smallest absolute Gasteiger partial charge is 0.415 e. The van der Waals surface area contributed by atoms with Crippen LogP contribution in [0.25, 0.3) is 22.4 Å². The molecule has 5 rings (SSSR count). The average Bonchev–Trinajstić information content (AvgIpc) is 3.44. The summed E-state index contributed by atoms with van der Waals surface area (Å²) in [4.78, 5) is 34.4. The molecule has 3 aromatic heterocycles. The van der Waals surface area contributed by atoms with Gasteiger partial charge < -0.3 is 19.6 Å². The number of amides is 2. The normalized spacial score (nSPS) is 14.9. The van der Waals surface area contributed by atoms with Crippen molar-refractivity contribution in [1.29, 1.82) is 0 Å². The molecule has 1 aliphatic rings. The quantitative estimate of drug-likeness (QED) is 0.390. The van der Waals surface area contributed by atoms with Crippen molar-refractivity contribution >= 4 is 28.5 Å². The van der Waals surface area contributed by atoms with Crippen molar-refractivity contribution in [2.75, 3.05) is 5.32 Å². The number of fused-ring (bicyclic) bond motifs is 1. The van der Waals surface area contributed by atoms with Gasteiger partial charge in [0, 0.05) is 36.5 Å². The lowest BCUT2D eigenvalue weighted by Gasteiger charge is -2.24. The van der Waals surface area contributed by atoms with Crippen LogP contribution in [0.1, 0.15) is 41.4 Å². The lowest BCUT2D eigenvalue weighted by Crippen LogP contribution is -2.38. The molecule has 1 aromatic carbocycles. The molecule has 1 fully saturated rings. The van der Waals surface area contributed by atoms with Gasteiger partial charge in [0.25, 0.3) is 5.91 Å². The van der Waals surface area contributed by atoms with Crippen molar-refractivity contribution in [1.82, 2.24) is 19.9 Å². The molecule has 8 nitrogen and oxygen atoms in total. The highest BCUT2D eigenvalue weighted by Gasteiger charge is 2.44. The number of aryl methyl sites for hydroxylation is 1. The van der Waals surface area contributed by atoms with Crippen LogP contribution in [-0.4, -0.2) is 32.5 Å². The Labute approximate surface area is 203 Å². The van der Waals surface area contributed by atoms with Crippen molar-refractivity contribution in [3.63, 3.8) is 0 Å². The molecule has 0 radical (unpaired) electrons. The molecule has 0 saturated heterocycles. The van der Waals surface area contributed by atoms with Gasteiger partial charge in [-0.3, -0.25) is 14.6 Å². The van der Waals surface area contributed by atoms with Crippen LogP contribution < -0.4 is 10.6 Å². The van der Waals surface area contributed by atoms with E-state index >= 15 is 0 Å². The Kier molecular flexibility index (Phi) is 5.99. The number of hydrogen-bond acceptors (Lipinski definition) is 5. The highest BCUT2D eigenvalue weighted by molar-refractivity contribution is 6.06. The monoisotopic (exact) mass is 497 g/mol. The van der Waals surface area contributed by atoms with Crippen LogP contribution in [0.2, 0.25) is 0 Å². The second kappa shape index (κ2) is 9.14. The summed E-state index contributed by atoms with van der Waals surface area (Å²) in [6.07, 6.45) is 2.03. The number of rotatable bonds is 6. The molecule has 1 aliphatic carbocycles. The fraction of sp³-hybridized carbons (Fsp3) is 0.280. The number of benzene rings is 1. The summed E-state index contributed by atoms with van der Waals surface area (Å²) in [6.45, 7) is 0. The van der Waals surface area contributed by atoms with E-state index in [1.54, 1.807) is 36.1 Å². The SMILES string of the molecule is Cn1c(-c2ccncc2)nc2cc(C(=O)N[C@H](c3ccco3)C(F)(F)F)cc(NC(=O)C3CCC3)c21. The van der Waals surface area contributed by atoms with Crippen molar-refractivity contribution in [3.05, 3.63) is 66.4 Å². The highest BCUT2D eigenvalue weighted by atomic mass is 19.4. The Morgan fingerprint density at radius 1 is 1.17 bits per heavy atom. The molecule has 1 atom stereocenters. The number of aromatic nitrogens is 3. The lowest BCUT2D eigenvalue weighted by atomic mass is 9.85. The van der Waals surface area contributed by atoms with E-state index in [4.69, 9.17) is 4.42 Å². The van der Waals surface area contributed by atoms with Gasteiger partial charge in [-0.25, -0.2) is 4.98 Å². The minimum absolute atomic E-state index is 0.0772. The van der Waals surface area contributed by atoms with E-state index in [1.807, 2.05) is 5.32 Å². The number of carbonyl (C=O) groups is 2. The molecule has 0 unspecified atom stereocenters. The van der Waals surface area contributed by atoms with Gasteiger partial charge in [-0.15, -0.1) is 0 Å². The molecular weight excluding hydrogens is 475 g/mol. The van der Waals surface area contributed by atoms with E-state index in [0.29, 0.717) is 22.5 Å². The van der Waals surface area contributed by atoms with Crippen LogP contribution in [0.4, 0.5) is 18.9 Å². The molecule has 36 heavy (non-hydrogen) atoms. The summed E-state index contributed by atoms with van der Waals surface area (Å²) in [5.74, 6) is -1.21. The van der Waals surface area contributed by atoms with Gasteiger partial charge in [0.05, 0.1) is 23.0 Å². The molecular formula is C25H22F3N5O3. The second-order valence-electron chi connectivity index (χ2n) is 8.70. The van der Waals surface area contributed by atoms with Gasteiger partial charge in [0.15, 0.2) is 6.04 Å². The second-order valence-corrected chi connectivity index (χ2v) is 8.70. The van der Waals surface area contributed by atoms with Crippen LogP contribution in [0.5, 0.6) is 0 Å². The molecule has 0 aliphatic heterocycles. The van der Waals surface area contributed by atoms with Crippen LogP contribution in [0.15, 0.2) is 59.5 Å². The molecule has 186 valence electrons. The minimum Gasteiger partial charge on any atom is -0.467 e. The Morgan fingerprint density at radius 3 is 2.53 bits per heavy atom. The zero-order valence-electron chi connectivity index (χ0n) is 19.2. The predicted molar refractivity (Wildman–Crippen MR) is 125 cm³/mol. The number of nitrogens with zero attached hydrogens (tertiary/aromatic N) is 3. The number of alkyl halides is 3. The van der Waals surface area contributed by atoms with E-state index in [0.717, 1.165) is 37.2 Å². The first-order chi connectivity index (χ1) is 17.2. The zero-order chi connectivity index (χ0) is 25.4. The van der Waals surface area contributed by atoms with E-state index in [-0.39, 0.29) is 17.4 Å². The number of pyridine rings is 1. The maximum atomic E-state index is 13.7. The molecule has 0 spiro atoms.